The predicted octanol–water partition coefficient (Wildman–Crippen LogP) is 2.06. The molecule has 0 saturated heterocycles. The van der Waals surface area contributed by atoms with Gasteiger partial charge in [-0.2, -0.15) is 0 Å². The van der Waals surface area contributed by atoms with Gasteiger partial charge in [-0.15, -0.1) is 0 Å². The molecule has 3 nitrogen and oxygen atoms in total. The summed E-state index contributed by atoms with van der Waals surface area (Å²) in [5, 5.41) is 0. The molecule has 0 aliphatic carbocycles. The van der Waals surface area contributed by atoms with Gasteiger partial charge < -0.3 is 4.74 Å². The van der Waals surface area contributed by atoms with Crippen LogP contribution in [0.15, 0.2) is 0 Å². The molecular formula is C11H23NO2. The molecule has 0 aliphatic heterocycles. The summed E-state index contributed by atoms with van der Waals surface area (Å²) in [4.78, 5) is 13.7. The van der Waals surface area contributed by atoms with Crippen molar-refractivity contribution < 1.29 is 9.53 Å². The summed E-state index contributed by atoms with van der Waals surface area (Å²) in [7, 11) is 1.94. The Kier molecular flexibility index (Phi) is 4.13. The number of rotatable bonds is 3. The van der Waals surface area contributed by atoms with Gasteiger partial charge in [0, 0.05) is 5.54 Å². The van der Waals surface area contributed by atoms with E-state index in [1.54, 1.807) is 0 Å². The number of nitrogens with zero attached hydrogens (tertiary/aromatic N) is 1. The first-order valence-corrected chi connectivity index (χ1v) is 5.05. The van der Waals surface area contributed by atoms with Crippen LogP contribution in [0.1, 0.15) is 41.5 Å². The zero-order chi connectivity index (χ0) is 11.6. The minimum Gasteiger partial charge on any atom is -0.465 e. The van der Waals surface area contributed by atoms with Crippen LogP contribution in [0.5, 0.6) is 0 Å². The van der Waals surface area contributed by atoms with E-state index in [4.69, 9.17) is 4.74 Å². The monoisotopic (exact) mass is 201 g/mol. The number of ether oxygens (including phenoxy) is 1. The van der Waals surface area contributed by atoms with E-state index in [0.717, 1.165) is 0 Å². The van der Waals surface area contributed by atoms with Crippen molar-refractivity contribution in [3.8, 4) is 0 Å². The third-order valence-corrected chi connectivity index (χ3v) is 2.62. The van der Waals surface area contributed by atoms with Crippen molar-refractivity contribution in [3.63, 3.8) is 0 Å². The molecule has 0 fully saturated rings. The molecule has 84 valence electrons. The number of carbonyl (C=O) groups is 1. The Balaban J connectivity index is 4.69. The van der Waals surface area contributed by atoms with Crippen molar-refractivity contribution in [3.05, 3.63) is 0 Å². The molecule has 0 rings (SSSR count). The maximum absolute atomic E-state index is 11.7. The highest BCUT2D eigenvalue weighted by atomic mass is 16.5. The van der Waals surface area contributed by atoms with Gasteiger partial charge in [-0.3, -0.25) is 9.69 Å². The van der Waals surface area contributed by atoms with Crippen LogP contribution < -0.4 is 0 Å². The van der Waals surface area contributed by atoms with Gasteiger partial charge in [0.15, 0.2) is 0 Å². The molecule has 0 aliphatic rings. The fourth-order valence-electron chi connectivity index (χ4n) is 1.28. The minimum atomic E-state index is -0.575. The molecule has 0 aromatic rings. The molecule has 0 radical (unpaired) electrons. The van der Waals surface area contributed by atoms with E-state index >= 15 is 0 Å². The van der Waals surface area contributed by atoms with Gasteiger partial charge in [0.05, 0.1) is 6.61 Å². The van der Waals surface area contributed by atoms with Gasteiger partial charge in [-0.25, -0.2) is 0 Å². The Labute approximate surface area is 87.4 Å². The number of hydrogen-bond donors (Lipinski definition) is 0. The fourth-order valence-corrected chi connectivity index (χ4v) is 1.28. The maximum atomic E-state index is 11.7. The molecule has 3 heteroatoms. The van der Waals surface area contributed by atoms with Crippen LogP contribution in [0.25, 0.3) is 0 Å². The summed E-state index contributed by atoms with van der Waals surface area (Å²) in [6.45, 7) is 12.3. The van der Waals surface area contributed by atoms with Crippen molar-refractivity contribution in [2.24, 2.45) is 0 Å². The number of hydrogen-bond acceptors (Lipinski definition) is 3. The van der Waals surface area contributed by atoms with Crippen molar-refractivity contribution in [2.45, 2.75) is 52.6 Å². The standard InChI is InChI=1S/C11H23NO2/c1-8-14-9(13)11(5,6)12(7)10(2,3)4/h8H2,1-7H3. The third-order valence-electron chi connectivity index (χ3n) is 2.62. The van der Waals surface area contributed by atoms with Crippen LogP contribution in [0, 0.1) is 0 Å². The van der Waals surface area contributed by atoms with Gasteiger partial charge in [-0.05, 0) is 48.6 Å². The summed E-state index contributed by atoms with van der Waals surface area (Å²) in [6, 6.07) is 0. The average molecular weight is 201 g/mol. The lowest BCUT2D eigenvalue weighted by atomic mass is 9.96. The summed E-state index contributed by atoms with van der Waals surface area (Å²) in [6.07, 6.45) is 0. The van der Waals surface area contributed by atoms with E-state index in [2.05, 4.69) is 20.8 Å². The Bertz CT molecular complexity index is 204. The van der Waals surface area contributed by atoms with Gasteiger partial charge in [-0.1, -0.05) is 0 Å². The van der Waals surface area contributed by atoms with Crippen LogP contribution in [0.2, 0.25) is 0 Å². The molecule has 0 atom stereocenters. The summed E-state index contributed by atoms with van der Waals surface area (Å²) >= 11 is 0. The second-order valence-corrected chi connectivity index (χ2v) is 5.01. The van der Waals surface area contributed by atoms with Crippen molar-refractivity contribution in [1.29, 1.82) is 0 Å². The zero-order valence-electron chi connectivity index (χ0n) is 10.5. The lowest BCUT2D eigenvalue weighted by molar-refractivity contribution is -0.158. The molecule has 0 aromatic heterocycles. The highest BCUT2D eigenvalue weighted by Crippen LogP contribution is 2.23. The highest BCUT2D eigenvalue weighted by Gasteiger charge is 2.38. The molecule has 0 bridgehead atoms. The van der Waals surface area contributed by atoms with Crippen LogP contribution in [0.3, 0.4) is 0 Å². The summed E-state index contributed by atoms with van der Waals surface area (Å²) < 4.78 is 5.04. The van der Waals surface area contributed by atoms with Crippen LogP contribution in [-0.2, 0) is 9.53 Å². The number of likely N-dealkylation sites (N-methyl/N-ethyl adjacent to an activating group) is 1. The van der Waals surface area contributed by atoms with E-state index < -0.39 is 5.54 Å². The third kappa shape index (κ3) is 2.98. The molecule has 0 heterocycles. The van der Waals surface area contributed by atoms with Gasteiger partial charge in [0.1, 0.15) is 5.54 Å². The topological polar surface area (TPSA) is 29.5 Å². The normalized spacial score (nSPS) is 13.1. The highest BCUT2D eigenvalue weighted by molar-refractivity contribution is 5.79. The average Bonchev–Trinajstić information content (AvgIpc) is 2.01. The largest absolute Gasteiger partial charge is 0.465 e. The Morgan fingerprint density at radius 2 is 1.64 bits per heavy atom. The van der Waals surface area contributed by atoms with Crippen LogP contribution >= 0.6 is 0 Å². The molecule has 14 heavy (non-hydrogen) atoms. The SMILES string of the molecule is CCOC(=O)C(C)(C)N(C)C(C)(C)C. The summed E-state index contributed by atoms with van der Waals surface area (Å²) in [5.41, 5.74) is -0.621. The smallest absolute Gasteiger partial charge is 0.325 e. The maximum Gasteiger partial charge on any atom is 0.325 e. The molecule has 0 unspecified atom stereocenters. The van der Waals surface area contributed by atoms with Gasteiger partial charge >= 0.3 is 5.97 Å². The minimum absolute atomic E-state index is 0.0454. The molecule has 0 amide bonds. The zero-order valence-corrected chi connectivity index (χ0v) is 10.5. The van der Waals surface area contributed by atoms with E-state index in [0.29, 0.717) is 6.61 Å². The first-order chi connectivity index (χ1) is 6.14. The van der Waals surface area contributed by atoms with E-state index in [9.17, 15) is 4.79 Å². The Hall–Kier alpha value is -0.570. The first-order valence-electron chi connectivity index (χ1n) is 5.05. The number of esters is 1. The predicted molar refractivity (Wildman–Crippen MR) is 58.2 cm³/mol. The molecule has 0 saturated carbocycles. The van der Waals surface area contributed by atoms with Gasteiger partial charge in [0.2, 0.25) is 0 Å². The molecular weight excluding hydrogens is 178 g/mol. The van der Waals surface area contributed by atoms with Crippen molar-refractivity contribution >= 4 is 5.97 Å². The van der Waals surface area contributed by atoms with Crippen LogP contribution in [0.4, 0.5) is 0 Å². The Morgan fingerprint density at radius 1 is 1.21 bits per heavy atom. The van der Waals surface area contributed by atoms with Crippen molar-refractivity contribution in [1.82, 2.24) is 4.90 Å². The van der Waals surface area contributed by atoms with Crippen molar-refractivity contribution in [2.75, 3.05) is 13.7 Å². The van der Waals surface area contributed by atoms with E-state index in [-0.39, 0.29) is 11.5 Å². The summed E-state index contributed by atoms with van der Waals surface area (Å²) in [5.74, 6) is -0.169. The van der Waals surface area contributed by atoms with Crippen LogP contribution in [-0.4, -0.2) is 35.6 Å². The second-order valence-electron chi connectivity index (χ2n) is 5.01. The second kappa shape index (κ2) is 4.30. The fraction of sp³-hybridized carbons (Fsp3) is 0.909. The lowest BCUT2D eigenvalue weighted by Gasteiger charge is -2.42. The number of carbonyl (C=O) groups excluding carboxylic acids is 1. The van der Waals surface area contributed by atoms with E-state index in [1.165, 1.54) is 0 Å². The van der Waals surface area contributed by atoms with E-state index in [1.807, 2.05) is 32.7 Å². The molecule has 0 N–H and O–H groups in total. The Morgan fingerprint density at radius 3 is 1.93 bits per heavy atom. The molecule has 0 aromatic carbocycles. The molecule has 0 spiro atoms. The quantitative estimate of drug-likeness (QED) is 0.655. The first kappa shape index (κ1) is 13.4. The van der Waals surface area contributed by atoms with Gasteiger partial charge in [0.25, 0.3) is 0 Å². The lowest BCUT2D eigenvalue weighted by Crippen LogP contribution is -2.56.